The number of nitrogens with zero attached hydrogens (tertiary/aromatic N) is 3. The Morgan fingerprint density at radius 3 is 2.57 bits per heavy atom. The van der Waals surface area contributed by atoms with Crippen molar-refractivity contribution in [1.82, 2.24) is 25.6 Å². The van der Waals surface area contributed by atoms with Crippen LogP contribution in [0.4, 0.5) is 13.2 Å². The third-order valence-electron chi connectivity index (χ3n) is 4.28. The fourth-order valence-corrected chi connectivity index (χ4v) is 2.90. The summed E-state index contributed by atoms with van der Waals surface area (Å²) in [6.07, 6.45) is -0.701. The van der Waals surface area contributed by atoms with E-state index in [1.807, 2.05) is 0 Å². The van der Waals surface area contributed by atoms with Crippen molar-refractivity contribution in [2.24, 2.45) is 0 Å². The molecule has 28 heavy (non-hydrogen) atoms. The number of aromatic nitrogens is 3. The third kappa shape index (κ3) is 6.38. The van der Waals surface area contributed by atoms with Crippen molar-refractivity contribution in [3.63, 3.8) is 0 Å². The first-order valence-corrected chi connectivity index (χ1v) is 8.66. The van der Waals surface area contributed by atoms with Crippen molar-refractivity contribution in [1.29, 1.82) is 0 Å². The summed E-state index contributed by atoms with van der Waals surface area (Å²) < 4.78 is 41.9. The molecule has 1 aliphatic heterocycles. The lowest BCUT2D eigenvalue weighted by molar-refractivity contribution is -0.274. The second-order valence-corrected chi connectivity index (χ2v) is 6.26. The molecular weight excluding hydrogens is 399 g/mol. The number of amides is 1. The number of piperidine rings is 1. The summed E-state index contributed by atoms with van der Waals surface area (Å²) in [6, 6.07) is 5.80. The zero-order valence-corrected chi connectivity index (χ0v) is 15.7. The minimum absolute atomic E-state index is 0. The van der Waals surface area contributed by atoms with E-state index in [0.29, 0.717) is 13.0 Å². The summed E-state index contributed by atoms with van der Waals surface area (Å²) in [5, 5.41) is 14.0. The van der Waals surface area contributed by atoms with Crippen molar-refractivity contribution < 1.29 is 22.7 Å². The van der Waals surface area contributed by atoms with Gasteiger partial charge in [-0.2, -0.15) is 0 Å². The van der Waals surface area contributed by atoms with E-state index in [1.165, 1.54) is 24.3 Å². The largest absolute Gasteiger partial charge is 0.573 e. The van der Waals surface area contributed by atoms with Gasteiger partial charge in [-0.25, -0.2) is 4.68 Å². The van der Waals surface area contributed by atoms with Gasteiger partial charge in [0.05, 0.1) is 12.2 Å². The van der Waals surface area contributed by atoms with E-state index in [-0.39, 0.29) is 35.8 Å². The van der Waals surface area contributed by atoms with Crippen LogP contribution in [0, 0.1) is 0 Å². The molecule has 1 saturated heterocycles. The normalized spacial score (nSPS) is 15.0. The van der Waals surface area contributed by atoms with E-state index < -0.39 is 6.36 Å². The molecule has 1 fully saturated rings. The lowest BCUT2D eigenvalue weighted by Gasteiger charge is -2.22. The summed E-state index contributed by atoms with van der Waals surface area (Å²) in [5.41, 5.74) is 1.03. The van der Waals surface area contributed by atoms with Gasteiger partial charge in [-0.1, -0.05) is 17.3 Å². The first-order valence-electron chi connectivity index (χ1n) is 8.66. The van der Waals surface area contributed by atoms with Crippen LogP contribution in [0.5, 0.6) is 5.75 Å². The molecular formula is C17H21ClF3N5O2. The molecule has 1 amide bonds. The predicted octanol–water partition coefficient (Wildman–Crippen LogP) is 2.50. The summed E-state index contributed by atoms with van der Waals surface area (Å²) in [7, 11) is 0. The summed E-state index contributed by atoms with van der Waals surface area (Å²) in [6.45, 7) is 2.16. The molecule has 7 nitrogen and oxygen atoms in total. The quantitative estimate of drug-likeness (QED) is 0.752. The van der Waals surface area contributed by atoms with Crippen molar-refractivity contribution >= 4 is 18.3 Å². The number of carbonyl (C=O) groups excluding carboxylic acids is 1. The Hall–Kier alpha value is -2.33. The van der Waals surface area contributed by atoms with Crippen molar-refractivity contribution in [2.75, 3.05) is 19.6 Å². The lowest BCUT2D eigenvalue weighted by atomic mass is 10.1. The molecule has 0 atom stereocenters. The topological polar surface area (TPSA) is 81.1 Å². The van der Waals surface area contributed by atoms with Crippen molar-refractivity contribution in [2.45, 2.75) is 31.7 Å². The third-order valence-corrected chi connectivity index (χ3v) is 4.28. The molecule has 3 rings (SSSR count). The van der Waals surface area contributed by atoms with Crippen molar-refractivity contribution in [3.8, 4) is 5.75 Å². The van der Waals surface area contributed by atoms with Crippen LogP contribution in [0.1, 0.15) is 34.9 Å². The van der Waals surface area contributed by atoms with E-state index in [2.05, 4.69) is 25.7 Å². The Morgan fingerprint density at radius 2 is 1.93 bits per heavy atom. The Bertz CT molecular complexity index is 761. The number of alkyl halides is 3. The molecule has 2 heterocycles. The fourth-order valence-electron chi connectivity index (χ4n) is 2.90. The Kier molecular flexibility index (Phi) is 7.64. The number of hydrogen-bond acceptors (Lipinski definition) is 5. The van der Waals surface area contributed by atoms with Crippen LogP contribution in [-0.4, -0.2) is 46.9 Å². The highest BCUT2D eigenvalue weighted by molar-refractivity contribution is 5.91. The molecule has 0 radical (unpaired) electrons. The van der Waals surface area contributed by atoms with E-state index in [4.69, 9.17) is 0 Å². The van der Waals surface area contributed by atoms with Gasteiger partial charge in [0.15, 0.2) is 5.69 Å². The zero-order chi connectivity index (χ0) is 19.3. The summed E-state index contributed by atoms with van der Waals surface area (Å²) in [4.78, 5) is 12.2. The predicted molar refractivity (Wildman–Crippen MR) is 97.6 cm³/mol. The van der Waals surface area contributed by atoms with E-state index >= 15 is 0 Å². The molecule has 1 aliphatic rings. The Morgan fingerprint density at radius 1 is 1.25 bits per heavy atom. The molecule has 0 bridgehead atoms. The second-order valence-electron chi connectivity index (χ2n) is 6.26. The summed E-state index contributed by atoms with van der Waals surface area (Å²) >= 11 is 0. The maximum absolute atomic E-state index is 12.2. The molecule has 0 unspecified atom stereocenters. The minimum Gasteiger partial charge on any atom is -0.406 e. The maximum Gasteiger partial charge on any atom is 0.573 e. The number of nitrogens with one attached hydrogen (secondary N) is 2. The van der Waals surface area contributed by atoms with Gasteiger partial charge in [-0.05, 0) is 50.0 Å². The first-order chi connectivity index (χ1) is 12.9. The van der Waals surface area contributed by atoms with E-state index in [1.54, 1.807) is 10.9 Å². The zero-order valence-electron chi connectivity index (χ0n) is 14.9. The number of rotatable bonds is 6. The van der Waals surface area contributed by atoms with Crippen LogP contribution in [0.2, 0.25) is 0 Å². The van der Waals surface area contributed by atoms with Crippen LogP contribution in [0.25, 0.3) is 0 Å². The van der Waals surface area contributed by atoms with Crippen LogP contribution >= 0.6 is 12.4 Å². The molecule has 0 saturated carbocycles. The van der Waals surface area contributed by atoms with E-state index in [9.17, 15) is 18.0 Å². The number of hydrogen-bond donors (Lipinski definition) is 2. The average Bonchev–Trinajstić information content (AvgIpc) is 3.13. The fraction of sp³-hybridized carbons (Fsp3) is 0.471. The van der Waals surface area contributed by atoms with Crippen LogP contribution in [-0.2, 0) is 6.42 Å². The van der Waals surface area contributed by atoms with Gasteiger partial charge in [-0.3, -0.25) is 4.79 Å². The number of halogens is 4. The molecule has 1 aromatic heterocycles. The van der Waals surface area contributed by atoms with Crippen LogP contribution in [0.3, 0.4) is 0 Å². The molecule has 11 heteroatoms. The molecule has 0 spiro atoms. The number of ether oxygens (including phenoxy) is 1. The first kappa shape index (κ1) is 22.0. The highest BCUT2D eigenvalue weighted by Crippen LogP contribution is 2.22. The van der Waals surface area contributed by atoms with Crippen LogP contribution in [0.15, 0.2) is 30.5 Å². The van der Waals surface area contributed by atoms with Gasteiger partial charge in [0, 0.05) is 6.54 Å². The van der Waals surface area contributed by atoms with Gasteiger partial charge >= 0.3 is 6.36 Å². The second kappa shape index (κ2) is 9.74. The molecule has 2 N–H and O–H groups in total. The van der Waals surface area contributed by atoms with Gasteiger partial charge in [0.25, 0.3) is 5.91 Å². The maximum atomic E-state index is 12.2. The molecule has 0 aliphatic carbocycles. The van der Waals surface area contributed by atoms with Crippen molar-refractivity contribution in [3.05, 3.63) is 41.7 Å². The van der Waals surface area contributed by atoms with Crippen LogP contribution < -0.4 is 15.4 Å². The SMILES string of the molecule is Cl.O=C(NCCc1ccc(OC(F)(F)F)cc1)c1cn(C2CCNCC2)nn1. The minimum atomic E-state index is -4.71. The van der Waals surface area contributed by atoms with Gasteiger partial charge in [0.2, 0.25) is 0 Å². The number of benzene rings is 1. The smallest absolute Gasteiger partial charge is 0.406 e. The Labute approximate surface area is 166 Å². The highest BCUT2D eigenvalue weighted by Gasteiger charge is 2.30. The summed E-state index contributed by atoms with van der Waals surface area (Å²) in [5.74, 6) is -0.600. The van der Waals surface area contributed by atoms with Gasteiger partial charge in [-0.15, -0.1) is 30.7 Å². The molecule has 154 valence electrons. The number of carbonyl (C=O) groups is 1. The lowest BCUT2D eigenvalue weighted by Crippen LogP contribution is -2.29. The standard InChI is InChI=1S/C17H20F3N5O2.ClH/c18-17(19,20)27-14-3-1-12(2-4-14)5-10-22-16(26)15-11-25(24-23-15)13-6-8-21-9-7-13;/h1-4,11,13,21H,5-10H2,(H,22,26);1H. The Balaban J connectivity index is 0.00000280. The van der Waals surface area contributed by atoms with Gasteiger partial charge in [0.1, 0.15) is 5.75 Å². The molecule has 1 aromatic carbocycles. The van der Waals surface area contributed by atoms with Gasteiger partial charge < -0.3 is 15.4 Å². The monoisotopic (exact) mass is 419 g/mol. The van der Waals surface area contributed by atoms with E-state index in [0.717, 1.165) is 31.5 Å². The average molecular weight is 420 g/mol. The molecule has 2 aromatic rings. The highest BCUT2D eigenvalue weighted by atomic mass is 35.5.